The lowest BCUT2D eigenvalue weighted by molar-refractivity contribution is 0.0894. The number of aromatic nitrogens is 1. The Morgan fingerprint density at radius 1 is 1.40 bits per heavy atom. The number of carbonyl (C=O) groups is 1. The number of hydrogen-bond acceptors (Lipinski definition) is 4. The van der Waals surface area contributed by atoms with Crippen molar-refractivity contribution in [3.8, 4) is 0 Å². The predicted octanol–water partition coefficient (Wildman–Crippen LogP) is 2.23. The van der Waals surface area contributed by atoms with Crippen LogP contribution in [0.5, 0.6) is 0 Å². The van der Waals surface area contributed by atoms with E-state index < -0.39 is 0 Å². The van der Waals surface area contributed by atoms with Crippen molar-refractivity contribution in [1.29, 1.82) is 0 Å². The van der Waals surface area contributed by atoms with Gasteiger partial charge in [0.2, 0.25) is 0 Å². The molecule has 0 radical (unpaired) electrons. The minimum absolute atomic E-state index is 0.0355. The fourth-order valence-corrected chi connectivity index (χ4v) is 1.96. The quantitative estimate of drug-likeness (QED) is 0.766. The molecule has 2 N–H and O–H groups in total. The number of rotatable bonds is 8. The molecule has 0 aromatic carbocycles. The van der Waals surface area contributed by atoms with Gasteiger partial charge in [-0.15, -0.1) is 0 Å². The summed E-state index contributed by atoms with van der Waals surface area (Å²) < 4.78 is 5.10. The van der Waals surface area contributed by atoms with Gasteiger partial charge >= 0.3 is 0 Å². The zero-order chi connectivity index (χ0) is 15.0. The molecule has 0 spiro atoms. The lowest BCUT2D eigenvalue weighted by atomic mass is 10.1. The number of ether oxygens (including phenoxy) is 1. The van der Waals surface area contributed by atoms with Crippen LogP contribution in [0.3, 0.4) is 0 Å². The van der Waals surface area contributed by atoms with Crippen molar-refractivity contribution in [2.75, 3.05) is 26.1 Å². The Hall–Kier alpha value is -1.62. The van der Waals surface area contributed by atoms with Crippen molar-refractivity contribution in [2.24, 2.45) is 0 Å². The van der Waals surface area contributed by atoms with Gasteiger partial charge in [-0.05, 0) is 25.0 Å². The summed E-state index contributed by atoms with van der Waals surface area (Å²) in [5, 5.41) is 5.98. The van der Waals surface area contributed by atoms with Gasteiger partial charge in [0.15, 0.2) is 0 Å². The number of hydrogen-bond donors (Lipinski definition) is 2. The third kappa shape index (κ3) is 4.81. The number of anilines is 1. The Balaban J connectivity index is 2.87. The first-order chi connectivity index (χ1) is 9.64. The van der Waals surface area contributed by atoms with E-state index in [4.69, 9.17) is 4.74 Å². The molecule has 0 aliphatic rings. The molecule has 20 heavy (non-hydrogen) atoms. The van der Waals surface area contributed by atoms with E-state index in [-0.39, 0.29) is 11.9 Å². The number of pyridine rings is 1. The summed E-state index contributed by atoms with van der Waals surface area (Å²) in [4.78, 5) is 16.7. The molecule has 1 rings (SSSR count). The SMILES string of the molecule is CCCc1cc(C(=O)NC(CC)COC)cc(NC)n1. The molecule has 1 heterocycles. The first-order valence-electron chi connectivity index (χ1n) is 7.13. The maximum absolute atomic E-state index is 12.3. The molecular formula is C15H25N3O2. The van der Waals surface area contributed by atoms with Crippen LogP contribution in [0.15, 0.2) is 12.1 Å². The summed E-state index contributed by atoms with van der Waals surface area (Å²) in [6, 6.07) is 3.67. The molecule has 1 aromatic heterocycles. The van der Waals surface area contributed by atoms with E-state index in [2.05, 4.69) is 22.5 Å². The van der Waals surface area contributed by atoms with Gasteiger partial charge in [0.25, 0.3) is 5.91 Å². The Kier molecular flexibility index (Phi) is 7.01. The van der Waals surface area contributed by atoms with E-state index in [9.17, 15) is 4.79 Å². The number of amides is 1. The highest BCUT2D eigenvalue weighted by Gasteiger charge is 2.14. The van der Waals surface area contributed by atoms with E-state index in [1.807, 2.05) is 13.0 Å². The molecule has 1 amide bonds. The van der Waals surface area contributed by atoms with Gasteiger partial charge in [0.1, 0.15) is 5.82 Å². The van der Waals surface area contributed by atoms with Gasteiger partial charge in [-0.25, -0.2) is 4.98 Å². The third-order valence-corrected chi connectivity index (χ3v) is 3.10. The van der Waals surface area contributed by atoms with Crippen LogP contribution in [-0.2, 0) is 11.2 Å². The van der Waals surface area contributed by atoms with Crippen molar-refractivity contribution in [1.82, 2.24) is 10.3 Å². The van der Waals surface area contributed by atoms with Crippen LogP contribution in [0.1, 0.15) is 42.7 Å². The molecular weight excluding hydrogens is 254 g/mol. The van der Waals surface area contributed by atoms with Crippen LogP contribution in [0.4, 0.5) is 5.82 Å². The minimum atomic E-state index is -0.0786. The smallest absolute Gasteiger partial charge is 0.251 e. The van der Waals surface area contributed by atoms with Crippen molar-refractivity contribution in [3.63, 3.8) is 0 Å². The monoisotopic (exact) mass is 279 g/mol. The predicted molar refractivity (Wildman–Crippen MR) is 81.2 cm³/mol. The standard InChI is InChI=1S/C15H25N3O2/c1-5-7-13-8-11(9-14(16-3)17-13)15(19)18-12(6-2)10-20-4/h8-9,12H,5-7,10H2,1-4H3,(H,16,17)(H,18,19). The zero-order valence-corrected chi connectivity index (χ0v) is 12.8. The second-order valence-corrected chi connectivity index (χ2v) is 4.77. The molecule has 0 saturated carbocycles. The summed E-state index contributed by atoms with van der Waals surface area (Å²) in [5.74, 6) is 0.644. The van der Waals surface area contributed by atoms with E-state index in [0.29, 0.717) is 12.2 Å². The van der Waals surface area contributed by atoms with Crippen LogP contribution in [0, 0.1) is 0 Å². The summed E-state index contributed by atoms with van der Waals surface area (Å²) in [6.45, 7) is 4.64. The number of carbonyl (C=O) groups excluding carboxylic acids is 1. The Morgan fingerprint density at radius 2 is 2.15 bits per heavy atom. The largest absolute Gasteiger partial charge is 0.383 e. The van der Waals surface area contributed by atoms with E-state index in [1.54, 1.807) is 20.2 Å². The molecule has 0 aliphatic heterocycles. The van der Waals surface area contributed by atoms with Gasteiger partial charge in [0.05, 0.1) is 12.6 Å². The molecule has 0 bridgehead atoms. The molecule has 1 aromatic rings. The van der Waals surface area contributed by atoms with Crippen LogP contribution in [0.2, 0.25) is 0 Å². The second kappa shape index (κ2) is 8.53. The summed E-state index contributed by atoms with van der Waals surface area (Å²) in [5.41, 5.74) is 1.58. The molecule has 5 heteroatoms. The van der Waals surface area contributed by atoms with Gasteiger partial charge in [0, 0.05) is 25.4 Å². The van der Waals surface area contributed by atoms with Crippen molar-refractivity contribution in [2.45, 2.75) is 39.2 Å². The first-order valence-corrected chi connectivity index (χ1v) is 7.13. The summed E-state index contributed by atoms with van der Waals surface area (Å²) in [6.07, 6.45) is 2.71. The fraction of sp³-hybridized carbons (Fsp3) is 0.600. The molecule has 0 saturated heterocycles. The van der Waals surface area contributed by atoms with Crippen LogP contribution >= 0.6 is 0 Å². The van der Waals surface area contributed by atoms with Crippen molar-refractivity contribution < 1.29 is 9.53 Å². The fourth-order valence-electron chi connectivity index (χ4n) is 1.96. The molecule has 1 atom stereocenters. The Morgan fingerprint density at radius 3 is 2.70 bits per heavy atom. The molecule has 112 valence electrons. The minimum Gasteiger partial charge on any atom is -0.383 e. The highest BCUT2D eigenvalue weighted by Crippen LogP contribution is 2.12. The van der Waals surface area contributed by atoms with E-state index in [1.165, 1.54) is 0 Å². The lowest BCUT2D eigenvalue weighted by Crippen LogP contribution is -2.37. The molecule has 0 fully saturated rings. The number of aryl methyl sites for hydroxylation is 1. The van der Waals surface area contributed by atoms with Crippen molar-refractivity contribution in [3.05, 3.63) is 23.4 Å². The zero-order valence-electron chi connectivity index (χ0n) is 12.8. The average Bonchev–Trinajstić information content (AvgIpc) is 2.46. The van der Waals surface area contributed by atoms with Gasteiger partial charge in [-0.1, -0.05) is 20.3 Å². The van der Waals surface area contributed by atoms with E-state index in [0.717, 1.165) is 30.8 Å². The average molecular weight is 279 g/mol. The van der Waals surface area contributed by atoms with Gasteiger partial charge in [-0.3, -0.25) is 4.79 Å². The Labute approximate surface area is 121 Å². The van der Waals surface area contributed by atoms with Gasteiger partial charge < -0.3 is 15.4 Å². The van der Waals surface area contributed by atoms with Crippen LogP contribution < -0.4 is 10.6 Å². The van der Waals surface area contributed by atoms with Crippen LogP contribution in [-0.4, -0.2) is 37.7 Å². The number of methoxy groups -OCH3 is 1. The van der Waals surface area contributed by atoms with Crippen LogP contribution in [0.25, 0.3) is 0 Å². The normalized spacial score (nSPS) is 12.0. The first kappa shape index (κ1) is 16.4. The van der Waals surface area contributed by atoms with Crippen molar-refractivity contribution >= 4 is 11.7 Å². The second-order valence-electron chi connectivity index (χ2n) is 4.77. The Bertz CT molecular complexity index is 435. The third-order valence-electron chi connectivity index (χ3n) is 3.10. The molecule has 1 unspecified atom stereocenters. The summed E-state index contributed by atoms with van der Waals surface area (Å²) in [7, 11) is 3.44. The van der Waals surface area contributed by atoms with Gasteiger partial charge in [-0.2, -0.15) is 0 Å². The highest BCUT2D eigenvalue weighted by atomic mass is 16.5. The maximum Gasteiger partial charge on any atom is 0.251 e. The molecule has 5 nitrogen and oxygen atoms in total. The number of nitrogens with zero attached hydrogens (tertiary/aromatic N) is 1. The summed E-state index contributed by atoms with van der Waals surface area (Å²) >= 11 is 0. The molecule has 0 aliphatic carbocycles. The lowest BCUT2D eigenvalue weighted by Gasteiger charge is -2.16. The van der Waals surface area contributed by atoms with E-state index >= 15 is 0 Å². The topological polar surface area (TPSA) is 63.2 Å². The maximum atomic E-state index is 12.3. The number of nitrogens with one attached hydrogen (secondary N) is 2. The highest BCUT2D eigenvalue weighted by molar-refractivity contribution is 5.95.